The second-order valence-electron chi connectivity index (χ2n) is 4.67. The molecule has 8 heteroatoms. The molecular formula is C11H20N2O5S. The van der Waals surface area contributed by atoms with Gasteiger partial charge in [-0.1, -0.05) is 4.47 Å². The molecule has 2 heterocycles. The van der Waals surface area contributed by atoms with Crippen LogP contribution in [-0.4, -0.2) is 56.0 Å². The van der Waals surface area contributed by atoms with Crippen molar-refractivity contribution in [2.24, 2.45) is 5.92 Å². The van der Waals surface area contributed by atoms with E-state index >= 15 is 0 Å². The van der Waals surface area contributed by atoms with Crippen LogP contribution in [0.1, 0.15) is 26.2 Å². The summed E-state index contributed by atoms with van der Waals surface area (Å²) in [6.07, 6.45) is 2.04. The van der Waals surface area contributed by atoms with Crippen molar-refractivity contribution in [3.05, 3.63) is 0 Å². The van der Waals surface area contributed by atoms with Crippen LogP contribution in [0, 0.1) is 5.92 Å². The average molecular weight is 292 g/mol. The van der Waals surface area contributed by atoms with Crippen molar-refractivity contribution < 1.29 is 22.8 Å². The Labute approximate surface area is 113 Å². The number of hydroxylamine groups is 1. The quantitative estimate of drug-likeness (QED) is 0.689. The van der Waals surface area contributed by atoms with E-state index in [9.17, 15) is 13.2 Å². The molecule has 0 amide bonds. The number of hydrogen-bond acceptors (Lipinski definition) is 5. The standard InChI is InChI=1S/C11H20N2O5S/c1-2-17-11(14)10-5-3-6-12(9-10)19(15,16)13-7-4-8-18-13/h10H,2-9H2,1H3. The Hall–Kier alpha value is -0.700. The van der Waals surface area contributed by atoms with Gasteiger partial charge in [-0.2, -0.15) is 12.7 Å². The number of carbonyl (C=O) groups is 1. The van der Waals surface area contributed by atoms with Crippen LogP contribution in [0.3, 0.4) is 0 Å². The van der Waals surface area contributed by atoms with E-state index in [1.54, 1.807) is 6.92 Å². The molecule has 0 radical (unpaired) electrons. The number of rotatable bonds is 4. The second-order valence-corrected chi connectivity index (χ2v) is 6.49. The van der Waals surface area contributed by atoms with Gasteiger partial charge in [-0.15, -0.1) is 0 Å². The van der Waals surface area contributed by atoms with E-state index in [0.29, 0.717) is 45.6 Å². The SMILES string of the molecule is CCOC(=O)C1CCCN(S(=O)(=O)N2CCCO2)C1. The van der Waals surface area contributed by atoms with Crippen molar-refractivity contribution >= 4 is 16.2 Å². The fourth-order valence-corrected chi connectivity index (χ4v) is 3.89. The highest BCUT2D eigenvalue weighted by molar-refractivity contribution is 7.86. The molecule has 0 spiro atoms. The molecule has 2 rings (SSSR count). The Balaban J connectivity index is 2.02. The summed E-state index contributed by atoms with van der Waals surface area (Å²) in [7, 11) is -3.61. The maximum atomic E-state index is 12.3. The Kier molecular flexibility index (Phi) is 4.77. The normalized spacial score (nSPS) is 26.5. The highest BCUT2D eigenvalue weighted by Gasteiger charge is 2.38. The van der Waals surface area contributed by atoms with E-state index in [1.807, 2.05) is 0 Å². The lowest BCUT2D eigenvalue weighted by Gasteiger charge is -2.32. The summed E-state index contributed by atoms with van der Waals surface area (Å²) in [5.41, 5.74) is 0. The van der Waals surface area contributed by atoms with Crippen LogP contribution in [0.4, 0.5) is 0 Å². The lowest BCUT2D eigenvalue weighted by atomic mass is 10.0. The molecule has 0 aromatic heterocycles. The summed E-state index contributed by atoms with van der Waals surface area (Å²) in [5.74, 6) is -0.684. The van der Waals surface area contributed by atoms with Gasteiger partial charge in [-0.25, -0.2) is 0 Å². The van der Waals surface area contributed by atoms with Crippen molar-refractivity contribution in [2.75, 3.05) is 32.8 Å². The number of carbonyl (C=O) groups excluding carboxylic acids is 1. The van der Waals surface area contributed by atoms with Crippen LogP contribution >= 0.6 is 0 Å². The summed E-state index contributed by atoms with van der Waals surface area (Å²) in [6.45, 7) is 3.47. The first-order valence-electron chi connectivity index (χ1n) is 6.63. The maximum Gasteiger partial charge on any atom is 0.310 e. The van der Waals surface area contributed by atoms with Crippen molar-refractivity contribution in [3.63, 3.8) is 0 Å². The Bertz CT molecular complexity index is 419. The Morgan fingerprint density at radius 2 is 2.16 bits per heavy atom. The minimum Gasteiger partial charge on any atom is -0.466 e. The molecule has 2 aliphatic heterocycles. The smallest absolute Gasteiger partial charge is 0.310 e. The Morgan fingerprint density at radius 1 is 1.37 bits per heavy atom. The van der Waals surface area contributed by atoms with Gasteiger partial charge in [0.15, 0.2) is 0 Å². The predicted molar refractivity (Wildman–Crippen MR) is 67.1 cm³/mol. The molecule has 0 aliphatic carbocycles. The van der Waals surface area contributed by atoms with Gasteiger partial charge >= 0.3 is 16.2 Å². The van der Waals surface area contributed by atoms with Crippen molar-refractivity contribution in [2.45, 2.75) is 26.2 Å². The first-order valence-corrected chi connectivity index (χ1v) is 8.02. The van der Waals surface area contributed by atoms with Gasteiger partial charge in [0, 0.05) is 19.6 Å². The number of piperidine rings is 1. The highest BCUT2D eigenvalue weighted by atomic mass is 32.2. The van der Waals surface area contributed by atoms with Gasteiger partial charge in [-0.3, -0.25) is 9.63 Å². The molecule has 0 aromatic carbocycles. The molecule has 1 unspecified atom stereocenters. The fourth-order valence-electron chi connectivity index (χ4n) is 2.34. The molecular weight excluding hydrogens is 272 g/mol. The second kappa shape index (κ2) is 6.17. The number of esters is 1. The minimum atomic E-state index is -3.61. The molecule has 0 N–H and O–H groups in total. The lowest BCUT2D eigenvalue weighted by molar-refractivity contribution is -0.149. The van der Waals surface area contributed by atoms with E-state index in [1.165, 1.54) is 4.31 Å². The molecule has 1 atom stereocenters. The first kappa shape index (κ1) is 14.7. The largest absolute Gasteiger partial charge is 0.466 e. The maximum absolute atomic E-state index is 12.3. The lowest BCUT2D eigenvalue weighted by Crippen LogP contribution is -2.48. The minimum absolute atomic E-state index is 0.182. The van der Waals surface area contributed by atoms with Crippen LogP contribution in [-0.2, 0) is 24.6 Å². The molecule has 2 saturated heterocycles. The summed E-state index contributed by atoms with van der Waals surface area (Å²) in [5, 5.41) is 0. The van der Waals surface area contributed by atoms with E-state index in [2.05, 4.69) is 0 Å². The van der Waals surface area contributed by atoms with E-state index in [0.717, 1.165) is 4.47 Å². The van der Waals surface area contributed by atoms with Crippen molar-refractivity contribution in [1.29, 1.82) is 0 Å². The fraction of sp³-hybridized carbons (Fsp3) is 0.909. The zero-order valence-electron chi connectivity index (χ0n) is 11.1. The monoisotopic (exact) mass is 292 g/mol. The van der Waals surface area contributed by atoms with Gasteiger partial charge in [0.2, 0.25) is 0 Å². The van der Waals surface area contributed by atoms with E-state index in [4.69, 9.17) is 9.57 Å². The van der Waals surface area contributed by atoms with Gasteiger partial charge in [0.05, 0.1) is 19.1 Å². The molecule has 0 bridgehead atoms. The topological polar surface area (TPSA) is 76.2 Å². The predicted octanol–water partition coefficient (Wildman–Crippen LogP) is 0.144. The molecule has 0 aromatic rings. The average Bonchev–Trinajstić information content (AvgIpc) is 2.94. The zero-order chi connectivity index (χ0) is 13.9. The third-order valence-corrected chi connectivity index (χ3v) is 5.09. The Morgan fingerprint density at radius 3 is 2.79 bits per heavy atom. The van der Waals surface area contributed by atoms with E-state index < -0.39 is 10.2 Å². The van der Waals surface area contributed by atoms with Crippen LogP contribution in [0.25, 0.3) is 0 Å². The molecule has 0 saturated carbocycles. The summed E-state index contributed by atoms with van der Waals surface area (Å²) < 4.78 is 31.9. The van der Waals surface area contributed by atoms with Crippen molar-refractivity contribution in [3.8, 4) is 0 Å². The molecule has 7 nitrogen and oxygen atoms in total. The first-order chi connectivity index (χ1) is 9.05. The zero-order valence-corrected chi connectivity index (χ0v) is 11.9. The van der Waals surface area contributed by atoms with Gasteiger partial charge in [0.1, 0.15) is 0 Å². The summed E-state index contributed by atoms with van der Waals surface area (Å²) >= 11 is 0. The van der Waals surface area contributed by atoms with Gasteiger partial charge in [-0.05, 0) is 26.2 Å². The summed E-state index contributed by atoms with van der Waals surface area (Å²) in [4.78, 5) is 16.8. The number of hydrogen-bond donors (Lipinski definition) is 0. The molecule has 110 valence electrons. The van der Waals surface area contributed by atoms with E-state index in [-0.39, 0.29) is 18.4 Å². The molecule has 19 heavy (non-hydrogen) atoms. The highest BCUT2D eigenvalue weighted by Crippen LogP contribution is 2.23. The van der Waals surface area contributed by atoms with Crippen LogP contribution in [0.2, 0.25) is 0 Å². The van der Waals surface area contributed by atoms with Gasteiger partial charge < -0.3 is 4.74 Å². The van der Waals surface area contributed by atoms with Crippen LogP contribution in [0.15, 0.2) is 0 Å². The number of nitrogens with zero attached hydrogens (tertiary/aromatic N) is 2. The number of ether oxygens (including phenoxy) is 1. The van der Waals surface area contributed by atoms with Crippen LogP contribution < -0.4 is 0 Å². The van der Waals surface area contributed by atoms with Crippen LogP contribution in [0.5, 0.6) is 0 Å². The van der Waals surface area contributed by atoms with Crippen molar-refractivity contribution in [1.82, 2.24) is 8.77 Å². The van der Waals surface area contributed by atoms with Gasteiger partial charge in [0.25, 0.3) is 0 Å². The molecule has 2 fully saturated rings. The summed E-state index contributed by atoms with van der Waals surface area (Å²) in [6, 6.07) is 0. The third-order valence-electron chi connectivity index (χ3n) is 3.31. The third kappa shape index (κ3) is 3.25. The molecule has 2 aliphatic rings.